The number of unbranched alkanes of at least 4 members (excludes halogenated alkanes) is 2. The molecule has 154 valence electrons. The second-order valence-corrected chi connectivity index (χ2v) is 7.90. The number of carbonyl (C=O) groups is 2. The second kappa shape index (κ2) is 7.78. The van der Waals surface area contributed by atoms with Crippen LogP contribution < -0.4 is 9.47 Å². The zero-order valence-corrected chi connectivity index (χ0v) is 17.2. The SMILES string of the molecule is CCCCCc1cc2c(c(OC(=O)O)c1C(=O)O)-c1cc(C)ccc1C(C)(C)O2. The van der Waals surface area contributed by atoms with Gasteiger partial charge in [0, 0.05) is 5.56 Å². The molecule has 3 rings (SSSR count). The molecule has 0 spiro atoms. The lowest BCUT2D eigenvalue weighted by Gasteiger charge is -2.36. The van der Waals surface area contributed by atoms with Gasteiger partial charge in [0.25, 0.3) is 0 Å². The van der Waals surface area contributed by atoms with E-state index in [0.29, 0.717) is 23.3 Å². The molecule has 29 heavy (non-hydrogen) atoms. The topological polar surface area (TPSA) is 93.1 Å². The van der Waals surface area contributed by atoms with Crippen LogP contribution in [-0.2, 0) is 12.0 Å². The molecule has 0 unspecified atom stereocenters. The van der Waals surface area contributed by atoms with Crippen LogP contribution in [-0.4, -0.2) is 22.3 Å². The lowest BCUT2D eigenvalue weighted by atomic mass is 9.83. The molecule has 1 aliphatic rings. The van der Waals surface area contributed by atoms with E-state index >= 15 is 0 Å². The Balaban J connectivity index is 2.34. The van der Waals surface area contributed by atoms with E-state index in [-0.39, 0.29) is 11.3 Å². The number of hydrogen-bond donors (Lipinski definition) is 2. The highest BCUT2D eigenvalue weighted by atomic mass is 16.7. The zero-order chi connectivity index (χ0) is 21.3. The van der Waals surface area contributed by atoms with Gasteiger partial charge in [-0.05, 0) is 50.8 Å². The van der Waals surface area contributed by atoms with Crippen LogP contribution in [0.1, 0.15) is 67.1 Å². The quantitative estimate of drug-likeness (QED) is 0.364. The van der Waals surface area contributed by atoms with Crippen molar-refractivity contribution in [2.75, 3.05) is 0 Å². The molecule has 0 fully saturated rings. The van der Waals surface area contributed by atoms with E-state index in [1.807, 2.05) is 39.0 Å². The Morgan fingerprint density at radius 3 is 2.48 bits per heavy atom. The number of carboxylic acids is 1. The summed E-state index contributed by atoms with van der Waals surface area (Å²) in [5.74, 6) is -0.938. The summed E-state index contributed by atoms with van der Waals surface area (Å²) in [6, 6.07) is 7.52. The summed E-state index contributed by atoms with van der Waals surface area (Å²) in [7, 11) is 0. The van der Waals surface area contributed by atoms with Crippen LogP contribution in [0.3, 0.4) is 0 Å². The van der Waals surface area contributed by atoms with Gasteiger partial charge < -0.3 is 19.7 Å². The molecule has 0 aromatic heterocycles. The molecular weight excluding hydrogens is 372 g/mol. The standard InChI is InChI=1S/C23H26O6/c1-5-6-7-8-14-12-17-19(20(28-22(26)27)18(14)21(24)25)15-11-13(2)9-10-16(15)23(3,4)29-17/h9-12H,5-8H2,1-4H3,(H,24,25)(H,26,27). The summed E-state index contributed by atoms with van der Waals surface area (Å²) >= 11 is 0. The van der Waals surface area contributed by atoms with Gasteiger partial charge in [0.2, 0.25) is 0 Å². The van der Waals surface area contributed by atoms with E-state index in [4.69, 9.17) is 9.47 Å². The van der Waals surface area contributed by atoms with Crippen LogP contribution in [0.4, 0.5) is 4.79 Å². The fourth-order valence-electron chi connectivity index (χ4n) is 3.93. The molecule has 0 amide bonds. The summed E-state index contributed by atoms with van der Waals surface area (Å²) < 4.78 is 11.3. The minimum atomic E-state index is -1.56. The maximum absolute atomic E-state index is 12.1. The summed E-state index contributed by atoms with van der Waals surface area (Å²) in [5, 5.41) is 19.2. The van der Waals surface area contributed by atoms with Crippen LogP contribution in [0, 0.1) is 6.92 Å². The first-order valence-electron chi connectivity index (χ1n) is 9.80. The number of carboxylic acid groups (broad SMARTS) is 2. The minimum Gasteiger partial charge on any atom is -0.482 e. The first-order chi connectivity index (χ1) is 13.7. The van der Waals surface area contributed by atoms with Crippen LogP contribution in [0.15, 0.2) is 24.3 Å². The van der Waals surface area contributed by atoms with Crippen molar-refractivity contribution in [3.8, 4) is 22.6 Å². The lowest BCUT2D eigenvalue weighted by Crippen LogP contribution is -2.30. The number of benzene rings is 2. The van der Waals surface area contributed by atoms with Crippen molar-refractivity contribution < 1.29 is 29.3 Å². The van der Waals surface area contributed by atoms with E-state index in [0.717, 1.165) is 36.0 Å². The van der Waals surface area contributed by atoms with Gasteiger partial charge >= 0.3 is 12.1 Å². The number of rotatable bonds is 6. The van der Waals surface area contributed by atoms with Crippen molar-refractivity contribution in [1.82, 2.24) is 0 Å². The van der Waals surface area contributed by atoms with E-state index in [1.165, 1.54) is 0 Å². The Morgan fingerprint density at radius 1 is 1.14 bits per heavy atom. The van der Waals surface area contributed by atoms with Crippen LogP contribution in [0.25, 0.3) is 11.1 Å². The van der Waals surface area contributed by atoms with Gasteiger partial charge in [-0.25, -0.2) is 9.59 Å². The van der Waals surface area contributed by atoms with E-state index in [1.54, 1.807) is 6.07 Å². The summed E-state index contributed by atoms with van der Waals surface area (Å²) in [5.41, 5.74) is 2.68. The largest absolute Gasteiger partial charge is 0.511 e. The minimum absolute atomic E-state index is 0.113. The number of fused-ring (bicyclic) bond motifs is 3. The lowest BCUT2D eigenvalue weighted by molar-refractivity contribution is 0.0691. The first kappa shape index (κ1) is 20.7. The van der Waals surface area contributed by atoms with Crippen molar-refractivity contribution >= 4 is 12.1 Å². The van der Waals surface area contributed by atoms with Crippen molar-refractivity contribution in [2.24, 2.45) is 0 Å². The fourth-order valence-corrected chi connectivity index (χ4v) is 3.93. The fraction of sp³-hybridized carbons (Fsp3) is 0.391. The highest BCUT2D eigenvalue weighted by molar-refractivity contribution is 5.99. The molecular formula is C23H26O6. The molecule has 2 aromatic carbocycles. The molecule has 6 nitrogen and oxygen atoms in total. The molecule has 6 heteroatoms. The van der Waals surface area contributed by atoms with Gasteiger partial charge in [-0.3, -0.25) is 0 Å². The van der Waals surface area contributed by atoms with E-state index < -0.39 is 17.7 Å². The smallest absolute Gasteiger partial charge is 0.482 e. The third-order valence-corrected chi connectivity index (χ3v) is 5.24. The Labute approximate surface area is 170 Å². The Kier molecular flexibility index (Phi) is 5.55. The number of ether oxygens (including phenoxy) is 2. The van der Waals surface area contributed by atoms with Gasteiger partial charge in [0.05, 0.1) is 5.56 Å². The Morgan fingerprint density at radius 2 is 1.86 bits per heavy atom. The average Bonchev–Trinajstić information content (AvgIpc) is 2.60. The molecule has 2 N–H and O–H groups in total. The summed E-state index contributed by atoms with van der Waals surface area (Å²) in [6.07, 6.45) is 1.67. The third kappa shape index (κ3) is 3.92. The third-order valence-electron chi connectivity index (χ3n) is 5.24. The predicted molar refractivity (Wildman–Crippen MR) is 109 cm³/mol. The van der Waals surface area contributed by atoms with Crippen LogP contribution in [0.5, 0.6) is 11.5 Å². The van der Waals surface area contributed by atoms with Gasteiger partial charge in [-0.2, -0.15) is 0 Å². The first-order valence-corrected chi connectivity index (χ1v) is 9.80. The average molecular weight is 398 g/mol. The molecule has 0 bridgehead atoms. The molecule has 2 aromatic rings. The van der Waals surface area contributed by atoms with Gasteiger partial charge in [0.1, 0.15) is 16.9 Å². The van der Waals surface area contributed by atoms with E-state index in [9.17, 15) is 19.8 Å². The molecule has 0 aliphatic carbocycles. The van der Waals surface area contributed by atoms with Crippen LogP contribution in [0.2, 0.25) is 0 Å². The highest BCUT2D eigenvalue weighted by Gasteiger charge is 2.37. The van der Waals surface area contributed by atoms with Crippen molar-refractivity contribution in [2.45, 2.75) is 59.0 Å². The van der Waals surface area contributed by atoms with Gasteiger partial charge in [0.15, 0.2) is 5.75 Å². The summed E-state index contributed by atoms with van der Waals surface area (Å²) in [6.45, 7) is 7.86. The normalized spacial score (nSPS) is 13.8. The highest BCUT2D eigenvalue weighted by Crippen LogP contribution is 2.51. The molecule has 1 heterocycles. The number of hydrogen-bond acceptors (Lipinski definition) is 4. The molecule has 0 radical (unpaired) electrons. The second-order valence-electron chi connectivity index (χ2n) is 7.90. The summed E-state index contributed by atoms with van der Waals surface area (Å²) in [4.78, 5) is 23.6. The van der Waals surface area contributed by atoms with E-state index in [2.05, 4.69) is 6.92 Å². The molecule has 1 aliphatic heterocycles. The van der Waals surface area contributed by atoms with Crippen molar-refractivity contribution in [1.29, 1.82) is 0 Å². The predicted octanol–water partition coefficient (Wildman–Crippen LogP) is 5.78. The monoisotopic (exact) mass is 398 g/mol. The van der Waals surface area contributed by atoms with Crippen LogP contribution >= 0.6 is 0 Å². The molecule has 0 atom stereocenters. The zero-order valence-electron chi connectivity index (χ0n) is 17.2. The maximum Gasteiger partial charge on any atom is 0.511 e. The Bertz CT molecular complexity index is 974. The number of aromatic carboxylic acids is 1. The number of aryl methyl sites for hydroxylation is 2. The van der Waals surface area contributed by atoms with Crippen molar-refractivity contribution in [3.05, 3.63) is 46.5 Å². The van der Waals surface area contributed by atoms with Gasteiger partial charge in [-0.1, -0.05) is 43.5 Å². The molecule has 0 saturated heterocycles. The maximum atomic E-state index is 12.1. The van der Waals surface area contributed by atoms with Crippen molar-refractivity contribution in [3.63, 3.8) is 0 Å². The Hall–Kier alpha value is -3.02. The molecule has 0 saturated carbocycles. The van der Waals surface area contributed by atoms with Gasteiger partial charge in [-0.15, -0.1) is 0 Å².